The molecule has 7 nitrogen and oxygen atoms in total. The smallest absolute Gasteiger partial charge is 0.240 e. The minimum atomic E-state index is -3.67. The van der Waals surface area contributed by atoms with E-state index in [-0.39, 0.29) is 10.9 Å². The molecule has 8 heteroatoms. The molecule has 30 heavy (non-hydrogen) atoms. The van der Waals surface area contributed by atoms with Crippen molar-refractivity contribution in [2.24, 2.45) is 0 Å². The summed E-state index contributed by atoms with van der Waals surface area (Å²) in [7, 11) is -3.67. The van der Waals surface area contributed by atoms with Gasteiger partial charge in [0.1, 0.15) is 13.2 Å². The van der Waals surface area contributed by atoms with Crippen molar-refractivity contribution in [3.05, 3.63) is 54.1 Å². The van der Waals surface area contributed by atoms with Crippen molar-refractivity contribution < 1.29 is 17.9 Å². The first kappa shape index (κ1) is 21.1. The van der Waals surface area contributed by atoms with Crippen molar-refractivity contribution in [1.82, 2.24) is 14.5 Å². The van der Waals surface area contributed by atoms with Crippen LogP contribution in [0, 0.1) is 0 Å². The van der Waals surface area contributed by atoms with Gasteiger partial charge in [-0.1, -0.05) is 37.3 Å². The van der Waals surface area contributed by atoms with E-state index in [4.69, 9.17) is 9.47 Å². The number of nitrogens with one attached hydrogen (secondary N) is 1. The fraction of sp³-hybridized carbons (Fsp3) is 0.455. The molecule has 1 fully saturated rings. The predicted molar refractivity (Wildman–Crippen MR) is 115 cm³/mol. The van der Waals surface area contributed by atoms with Gasteiger partial charge in [0.2, 0.25) is 10.0 Å². The lowest BCUT2D eigenvalue weighted by molar-refractivity contribution is 0.100. The minimum absolute atomic E-state index is 0.0165. The van der Waals surface area contributed by atoms with E-state index in [0.717, 1.165) is 38.3 Å². The lowest BCUT2D eigenvalue weighted by atomic mass is 10.0. The Labute approximate surface area is 178 Å². The Morgan fingerprint density at radius 1 is 0.967 bits per heavy atom. The zero-order chi connectivity index (χ0) is 21.0. The molecular formula is C22H29N3O4S. The Bertz CT molecular complexity index is 944. The molecule has 1 N–H and O–H groups in total. The first-order chi connectivity index (χ1) is 14.6. The second-order valence-electron chi connectivity index (χ2n) is 7.55. The second kappa shape index (κ2) is 9.34. The van der Waals surface area contributed by atoms with Gasteiger partial charge in [0, 0.05) is 44.8 Å². The maximum absolute atomic E-state index is 13.0. The van der Waals surface area contributed by atoms with Gasteiger partial charge in [-0.15, -0.1) is 0 Å². The van der Waals surface area contributed by atoms with E-state index in [2.05, 4.69) is 33.6 Å². The molecule has 4 rings (SSSR count). The lowest BCUT2D eigenvalue weighted by Gasteiger charge is -2.39. The Kier molecular flexibility index (Phi) is 6.58. The van der Waals surface area contributed by atoms with Crippen molar-refractivity contribution in [2.75, 3.05) is 52.5 Å². The molecule has 2 aromatic rings. The van der Waals surface area contributed by atoms with E-state index in [9.17, 15) is 8.42 Å². The summed E-state index contributed by atoms with van der Waals surface area (Å²) >= 11 is 0. The molecule has 0 aliphatic carbocycles. The van der Waals surface area contributed by atoms with Gasteiger partial charge in [-0.2, -0.15) is 0 Å². The molecule has 0 amide bonds. The number of nitrogens with zero attached hydrogens (tertiary/aromatic N) is 2. The average Bonchev–Trinajstić information content (AvgIpc) is 2.80. The summed E-state index contributed by atoms with van der Waals surface area (Å²) in [6.45, 7) is 8.24. The van der Waals surface area contributed by atoms with E-state index < -0.39 is 10.0 Å². The maximum atomic E-state index is 13.0. The van der Waals surface area contributed by atoms with Crippen LogP contribution in [-0.2, 0) is 10.0 Å². The quantitative estimate of drug-likeness (QED) is 0.724. The molecule has 2 aromatic carbocycles. The number of piperazine rings is 1. The fourth-order valence-electron chi connectivity index (χ4n) is 3.99. The van der Waals surface area contributed by atoms with Crippen LogP contribution in [0.15, 0.2) is 53.4 Å². The molecule has 0 spiro atoms. The topological polar surface area (TPSA) is 71.1 Å². The van der Waals surface area contributed by atoms with Gasteiger partial charge in [0.25, 0.3) is 0 Å². The van der Waals surface area contributed by atoms with Gasteiger partial charge in [-0.3, -0.25) is 4.90 Å². The molecule has 2 aliphatic rings. The Hall–Kier alpha value is -2.13. The summed E-state index contributed by atoms with van der Waals surface area (Å²) in [4.78, 5) is 4.97. The van der Waals surface area contributed by atoms with E-state index in [1.807, 2.05) is 18.2 Å². The molecule has 1 atom stereocenters. The second-order valence-corrected chi connectivity index (χ2v) is 9.32. The van der Waals surface area contributed by atoms with Crippen molar-refractivity contribution in [1.29, 1.82) is 0 Å². The third kappa shape index (κ3) is 4.78. The molecule has 1 unspecified atom stereocenters. The van der Waals surface area contributed by atoms with Crippen molar-refractivity contribution >= 4 is 10.0 Å². The number of rotatable bonds is 7. The highest BCUT2D eigenvalue weighted by Gasteiger charge is 2.27. The molecular weight excluding hydrogens is 402 g/mol. The van der Waals surface area contributed by atoms with E-state index in [1.54, 1.807) is 12.1 Å². The zero-order valence-corrected chi connectivity index (χ0v) is 18.1. The summed E-state index contributed by atoms with van der Waals surface area (Å²) in [5.74, 6) is 1.05. The molecule has 0 saturated carbocycles. The normalized spacial score (nSPS) is 18.8. The number of likely N-dealkylation sites (N-methyl/N-ethyl adjacent to an activating group) is 1. The van der Waals surface area contributed by atoms with Gasteiger partial charge in [0.05, 0.1) is 4.90 Å². The summed E-state index contributed by atoms with van der Waals surface area (Å²) in [6, 6.07) is 14.8. The summed E-state index contributed by atoms with van der Waals surface area (Å²) < 4.78 is 39.9. The van der Waals surface area contributed by atoms with Gasteiger partial charge < -0.3 is 14.4 Å². The van der Waals surface area contributed by atoms with Crippen LogP contribution in [0.5, 0.6) is 11.5 Å². The number of fused-ring (bicyclic) bond motifs is 1. The third-order valence-corrected chi connectivity index (χ3v) is 7.19. The van der Waals surface area contributed by atoms with E-state index in [1.165, 1.54) is 6.07 Å². The van der Waals surface area contributed by atoms with Crippen LogP contribution in [0.25, 0.3) is 0 Å². The maximum Gasteiger partial charge on any atom is 0.240 e. The highest BCUT2D eigenvalue weighted by atomic mass is 32.2. The first-order valence-electron chi connectivity index (χ1n) is 10.5. The van der Waals surface area contributed by atoms with Crippen LogP contribution in [0.1, 0.15) is 18.5 Å². The highest BCUT2D eigenvalue weighted by Crippen LogP contribution is 2.32. The van der Waals surface area contributed by atoms with E-state index >= 15 is 0 Å². The Balaban J connectivity index is 1.50. The van der Waals surface area contributed by atoms with Crippen LogP contribution in [-0.4, -0.2) is 70.7 Å². The SMILES string of the molecule is CCN1CCN(C(CNS(=O)(=O)c2ccc3c(c2)OCCO3)c2ccccc2)CC1. The number of hydrogen-bond acceptors (Lipinski definition) is 6. The van der Waals surface area contributed by atoms with E-state index in [0.29, 0.717) is 31.3 Å². The van der Waals surface area contributed by atoms with Crippen molar-refractivity contribution in [2.45, 2.75) is 17.9 Å². The van der Waals surface area contributed by atoms with Crippen LogP contribution in [0.3, 0.4) is 0 Å². The standard InChI is InChI=1S/C22H29N3O4S/c1-2-24-10-12-25(13-11-24)20(18-6-4-3-5-7-18)17-23-30(26,27)19-8-9-21-22(16-19)29-15-14-28-21/h3-9,16,20,23H,2,10-15,17H2,1H3. The molecule has 2 heterocycles. The van der Waals surface area contributed by atoms with Crippen molar-refractivity contribution in [3.8, 4) is 11.5 Å². The lowest BCUT2D eigenvalue weighted by Crippen LogP contribution is -2.49. The Morgan fingerprint density at radius 3 is 2.37 bits per heavy atom. The molecule has 0 bridgehead atoms. The molecule has 2 aliphatic heterocycles. The molecule has 1 saturated heterocycles. The summed E-state index contributed by atoms with van der Waals surface area (Å²) in [5, 5.41) is 0. The van der Waals surface area contributed by atoms with Crippen LogP contribution in [0.2, 0.25) is 0 Å². The van der Waals surface area contributed by atoms with Gasteiger partial charge in [0.15, 0.2) is 11.5 Å². The predicted octanol–water partition coefficient (Wildman–Crippen LogP) is 2.11. The number of benzene rings is 2. The van der Waals surface area contributed by atoms with Crippen LogP contribution >= 0.6 is 0 Å². The Morgan fingerprint density at radius 2 is 1.67 bits per heavy atom. The summed E-state index contributed by atoms with van der Waals surface area (Å²) in [5.41, 5.74) is 1.12. The number of sulfonamides is 1. The number of hydrogen-bond donors (Lipinski definition) is 1. The zero-order valence-electron chi connectivity index (χ0n) is 17.3. The van der Waals surface area contributed by atoms with Crippen LogP contribution in [0.4, 0.5) is 0 Å². The molecule has 0 radical (unpaired) electrons. The number of ether oxygens (including phenoxy) is 2. The molecule has 0 aromatic heterocycles. The summed E-state index contributed by atoms with van der Waals surface area (Å²) in [6.07, 6.45) is 0. The fourth-order valence-corrected chi connectivity index (χ4v) is 5.04. The average molecular weight is 432 g/mol. The van der Waals surface area contributed by atoms with Gasteiger partial charge in [-0.25, -0.2) is 13.1 Å². The third-order valence-electron chi connectivity index (χ3n) is 5.77. The molecule has 162 valence electrons. The first-order valence-corrected chi connectivity index (χ1v) is 12.0. The minimum Gasteiger partial charge on any atom is -0.486 e. The monoisotopic (exact) mass is 431 g/mol. The highest BCUT2D eigenvalue weighted by molar-refractivity contribution is 7.89. The largest absolute Gasteiger partial charge is 0.486 e. The van der Waals surface area contributed by atoms with Crippen molar-refractivity contribution in [3.63, 3.8) is 0 Å². The van der Waals surface area contributed by atoms with Gasteiger partial charge >= 0.3 is 0 Å². The van der Waals surface area contributed by atoms with Gasteiger partial charge in [-0.05, 0) is 24.2 Å². The van der Waals surface area contributed by atoms with Crippen LogP contribution < -0.4 is 14.2 Å².